The van der Waals surface area contributed by atoms with Crippen LogP contribution in [0.4, 0.5) is 0 Å². The van der Waals surface area contributed by atoms with E-state index in [0.717, 1.165) is 58.4 Å². The summed E-state index contributed by atoms with van der Waals surface area (Å²) in [5.74, 6) is 0.547. The van der Waals surface area contributed by atoms with Crippen LogP contribution in [0, 0.1) is 17.9 Å². The molecule has 0 saturated carbocycles. The summed E-state index contributed by atoms with van der Waals surface area (Å²) >= 11 is 0. The maximum atomic E-state index is 11.7. The zero-order chi connectivity index (χ0) is 30.8. The second-order valence-electron chi connectivity index (χ2n) is 11.5. The van der Waals surface area contributed by atoms with Gasteiger partial charge in [0.05, 0.1) is 16.8 Å². The molecule has 231 valence electrons. The van der Waals surface area contributed by atoms with Gasteiger partial charge >= 0.3 is 0 Å². The summed E-state index contributed by atoms with van der Waals surface area (Å²) in [7, 11) is 0. The van der Waals surface area contributed by atoms with E-state index in [1.54, 1.807) is 6.33 Å². The molecule has 6 heteroatoms. The molecule has 0 saturated heterocycles. The van der Waals surface area contributed by atoms with Gasteiger partial charge in [0.1, 0.15) is 6.33 Å². The third-order valence-electron chi connectivity index (χ3n) is 9.01. The summed E-state index contributed by atoms with van der Waals surface area (Å²) in [6, 6.07) is 29.5. The smallest absolute Gasteiger partial charge is 0.162 e. The van der Waals surface area contributed by atoms with Crippen molar-refractivity contribution in [1.29, 1.82) is 0 Å². The van der Waals surface area contributed by atoms with E-state index >= 15 is 0 Å². The van der Waals surface area contributed by atoms with Crippen LogP contribution in [0.25, 0.3) is 59.8 Å². The molecule has 3 heterocycles. The number of rotatable bonds is 7. The van der Waals surface area contributed by atoms with Crippen LogP contribution in [0.5, 0.6) is 0 Å². The molecular weight excluding hydrogens is 735 g/mol. The van der Waals surface area contributed by atoms with E-state index in [-0.39, 0.29) is 43.5 Å². The van der Waals surface area contributed by atoms with Crippen LogP contribution in [0.3, 0.4) is 0 Å². The minimum Gasteiger partial charge on any atom is -0.512 e. The van der Waals surface area contributed by atoms with Crippen molar-refractivity contribution >= 4 is 65.6 Å². The Kier molecular flexibility index (Phi) is 9.96. The molecule has 0 aliphatic carbocycles. The SMILES string of the molecule is CCC(CC)C(=O)/C=C(\O)C(CC)CC.[Ir].[c-]1c2ccccc2cc2c1c1ncncc1n1c2cc2ccc3ccccc3c21. The van der Waals surface area contributed by atoms with E-state index < -0.39 is 0 Å². The van der Waals surface area contributed by atoms with E-state index in [4.69, 9.17) is 0 Å². The fourth-order valence-electron chi connectivity index (χ4n) is 6.43. The summed E-state index contributed by atoms with van der Waals surface area (Å²) < 4.78 is 2.32. The molecule has 0 aliphatic heterocycles. The van der Waals surface area contributed by atoms with E-state index in [2.05, 4.69) is 93.2 Å². The molecule has 0 amide bonds. The number of allylic oxidation sites excluding steroid dienone is 2. The molecule has 7 aromatic rings. The Morgan fingerprint density at radius 2 is 1.49 bits per heavy atom. The Morgan fingerprint density at radius 3 is 2.22 bits per heavy atom. The van der Waals surface area contributed by atoms with Crippen LogP contribution < -0.4 is 0 Å². The number of pyridine rings is 1. The van der Waals surface area contributed by atoms with Crippen molar-refractivity contribution in [3.8, 4) is 0 Å². The quantitative estimate of drug-likeness (QED) is 0.0576. The van der Waals surface area contributed by atoms with Crippen molar-refractivity contribution in [3.63, 3.8) is 0 Å². The molecule has 0 unspecified atom stereocenters. The van der Waals surface area contributed by atoms with Gasteiger partial charge in [-0.3, -0.25) is 9.78 Å². The molecule has 1 N–H and O–H groups in total. The largest absolute Gasteiger partial charge is 0.512 e. The summed E-state index contributed by atoms with van der Waals surface area (Å²) in [6.07, 6.45) is 8.45. The summed E-state index contributed by atoms with van der Waals surface area (Å²) in [5.41, 5.74) is 4.30. The maximum absolute atomic E-state index is 11.7. The van der Waals surface area contributed by atoms with Gasteiger partial charge in [0.2, 0.25) is 0 Å². The van der Waals surface area contributed by atoms with Crippen LogP contribution in [-0.4, -0.2) is 25.3 Å². The normalized spacial score (nSPS) is 12.0. The van der Waals surface area contributed by atoms with Gasteiger partial charge in [-0.2, -0.15) is 0 Å². The molecule has 1 radical (unpaired) electrons. The van der Waals surface area contributed by atoms with Crippen molar-refractivity contribution in [3.05, 3.63) is 103 Å². The van der Waals surface area contributed by atoms with Crippen LogP contribution in [0.1, 0.15) is 53.4 Å². The molecule has 7 rings (SSSR count). The molecule has 0 aliphatic rings. The van der Waals surface area contributed by atoms with Gasteiger partial charge in [0.15, 0.2) is 5.78 Å². The van der Waals surface area contributed by atoms with Crippen LogP contribution in [-0.2, 0) is 24.9 Å². The number of carbonyl (C=O) groups is 1. The molecule has 4 aromatic carbocycles. The predicted molar refractivity (Wildman–Crippen MR) is 183 cm³/mol. The summed E-state index contributed by atoms with van der Waals surface area (Å²) in [4.78, 5) is 20.7. The molecular formula is C39H38IrN3O2-. The van der Waals surface area contributed by atoms with Crippen molar-refractivity contribution in [1.82, 2.24) is 14.4 Å². The van der Waals surface area contributed by atoms with Crippen molar-refractivity contribution in [2.45, 2.75) is 53.4 Å². The third-order valence-corrected chi connectivity index (χ3v) is 9.01. The molecule has 0 bridgehead atoms. The molecule has 0 spiro atoms. The first-order valence-corrected chi connectivity index (χ1v) is 15.7. The van der Waals surface area contributed by atoms with Crippen molar-refractivity contribution in [2.75, 3.05) is 0 Å². The molecule has 0 atom stereocenters. The van der Waals surface area contributed by atoms with Gasteiger partial charge in [-0.25, -0.2) is 4.98 Å². The number of aromatic nitrogens is 3. The van der Waals surface area contributed by atoms with Gasteiger partial charge in [0.25, 0.3) is 0 Å². The monoisotopic (exact) mass is 773 g/mol. The third kappa shape index (κ3) is 5.97. The first-order chi connectivity index (χ1) is 21.5. The zero-order valence-corrected chi connectivity index (χ0v) is 28.6. The fraction of sp³-hybridized carbons (Fsp3) is 0.256. The van der Waals surface area contributed by atoms with Gasteiger partial charge in [-0.1, -0.05) is 98.5 Å². The number of carbonyl (C=O) groups excluding carboxylic acids is 1. The number of nitrogens with zero attached hydrogens (tertiary/aromatic N) is 3. The first kappa shape index (κ1) is 32.3. The van der Waals surface area contributed by atoms with Crippen LogP contribution in [0.15, 0.2) is 97.2 Å². The van der Waals surface area contributed by atoms with Crippen LogP contribution >= 0.6 is 0 Å². The van der Waals surface area contributed by atoms with Crippen molar-refractivity contribution < 1.29 is 30.0 Å². The minimum atomic E-state index is 0. The zero-order valence-electron chi connectivity index (χ0n) is 26.2. The molecule has 3 aromatic heterocycles. The topological polar surface area (TPSA) is 67.5 Å². The molecule has 0 fully saturated rings. The molecule has 5 nitrogen and oxygen atoms in total. The van der Waals surface area contributed by atoms with E-state index in [9.17, 15) is 9.90 Å². The Hall–Kier alpha value is -4.12. The van der Waals surface area contributed by atoms with Gasteiger partial charge < -0.3 is 9.51 Å². The number of fused-ring (bicyclic) bond motifs is 11. The maximum Gasteiger partial charge on any atom is 0.162 e. The standard InChI is InChI=1S/C26H14N3.C13H24O2.Ir/c1-2-7-18-12-22-21(11-17(18)6-1)23-13-19-10-9-16-5-3-4-8-20(16)26(19)29(23)24-14-27-15-28-25(22)24;1-5-10(6-2)12(14)9-13(15)11(7-3)8-4;/h1-11,13-15H;9-11,14H,5-8H2,1-4H3;/q-1;;/b;12-9-;. The number of aliphatic hydroxyl groups excluding tert-OH is 1. The number of ketones is 1. The Labute approximate surface area is 277 Å². The minimum absolute atomic E-state index is 0. The summed E-state index contributed by atoms with van der Waals surface area (Å²) in [6.45, 7) is 8.07. The van der Waals surface area contributed by atoms with Gasteiger partial charge in [-0.05, 0) is 37.1 Å². The second-order valence-corrected chi connectivity index (χ2v) is 11.5. The van der Waals surface area contributed by atoms with Crippen LogP contribution in [0.2, 0.25) is 0 Å². The van der Waals surface area contributed by atoms with E-state index in [1.165, 1.54) is 33.1 Å². The number of benzene rings is 4. The Morgan fingerprint density at radius 1 is 0.822 bits per heavy atom. The average molecular weight is 773 g/mol. The fourth-order valence-corrected chi connectivity index (χ4v) is 6.43. The Bertz CT molecular complexity index is 2170. The summed E-state index contributed by atoms with van der Waals surface area (Å²) in [5, 5.41) is 17.9. The first-order valence-electron chi connectivity index (χ1n) is 15.7. The van der Waals surface area contributed by atoms with E-state index in [1.807, 2.05) is 33.9 Å². The number of hydrogen-bond donors (Lipinski definition) is 1. The Balaban J connectivity index is 0.000000217. The number of hydrogen-bond acceptors (Lipinski definition) is 4. The van der Waals surface area contributed by atoms with Gasteiger partial charge in [-0.15, -0.1) is 23.6 Å². The second kappa shape index (κ2) is 13.9. The predicted octanol–water partition coefficient (Wildman–Crippen LogP) is 10.2. The van der Waals surface area contributed by atoms with E-state index in [0.29, 0.717) is 0 Å². The van der Waals surface area contributed by atoms with Gasteiger partial charge in [0, 0.05) is 66.0 Å². The number of aliphatic hydroxyl groups is 1. The van der Waals surface area contributed by atoms with Crippen molar-refractivity contribution in [2.24, 2.45) is 11.8 Å². The molecule has 45 heavy (non-hydrogen) atoms. The average Bonchev–Trinajstić information content (AvgIpc) is 3.46.